The van der Waals surface area contributed by atoms with Crippen molar-refractivity contribution in [1.82, 2.24) is 10.3 Å². The molecule has 3 aromatic carbocycles. The number of phenols is 1. The monoisotopic (exact) mass is 542 g/mol. The number of amides is 1. The highest BCUT2D eigenvalue weighted by molar-refractivity contribution is 5.96. The van der Waals surface area contributed by atoms with E-state index in [9.17, 15) is 24.6 Å². The molecule has 0 unspecified atom stereocenters. The molecule has 0 radical (unpaired) electrons. The highest BCUT2D eigenvalue weighted by Gasteiger charge is 2.23. The number of nitrogens with one attached hydrogen (secondary N) is 2. The van der Waals surface area contributed by atoms with E-state index in [4.69, 9.17) is 13.9 Å². The highest BCUT2D eigenvalue weighted by Crippen LogP contribution is 2.33. The van der Waals surface area contributed by atoms with Crippen LogP contribution in [0.1, 0.15) is 11.1 Å². The number of fused-ring (bicyclic) bond motifs is 2. The smallest absolute Gasteiger partial charge is 0.336 e. The number of aromatic hydroxyl groups is 1. The molecule has 5 rings (SSSR count). The molecule has 10 heteroatoms. The van der Waals surface area contributed by atoms with Crippen molar-refractivity contribution in [3.63, 3.8) is 0 Å². The van der Waals surface area contributed by atoms with Gasteiger partial charge in [0.2, 0.25) is 0 Å². The minimum absolute atomic E-state index is 0.00117. The largest absolute Gasteiger partial charge is 0.508 e. The summed E-state index contributed by atoms with van der Waals surface area (Å²) in [5.74, 6) is -0.792. The minimum atomic E-state index is -1.22. The predicted molar refractivity (Wildman–Crippen MR) is 148 cm³/mol. The second kappa shape index (κ2) is 10.9. The Hall–Kier alpha value is -5.25. The number of carboxylic acids is 1. The van der Waals surface area contributed by atoms with Gasteiger partial charge >= 0.3 is 11.6 Å². The van der Waals surface area contributed by atoms with Gasteiger partial charge in [-0.15, -0.1) is 0 Å². The topological polar surface area (TPSA) is 151 Å². The van der Waals surface area contributed by atoms with Crippen molar-refractivity contribution in [1.29, 1.82) is 0 Å². The van der Waals surface area contributed by atoms with Gasteiger partial charge in [0, 0.05) is 40.5 Å². The number of carbonyl (C=O) groups is 2. The lowest BCUT2D eigenvalue weighted by Gasteiger charge is -2.16. The maximum atomic E-state index is 12.7. The van der Waals surface area contributed by atoms with Crippen LogP contribution in [0.3, 0.4) is 0 Å². The lowest BCUT2D eigenvalue weighted by atomic mass is 10.00. The number of carboxylic acid groups (broad SMARTS) is 1. The van der Waals surface area contributed by atoms with E-state index < -0.39 is 30.2 Å². The maximum Gasteiger partial charge on any atom is 0.336 e. The first-order valence-electron chi connectivity index (χ1n) is 12.4. The molecule has 4 N–H and O–H groups in total. The minimum Gasteiger partial charge on any atom is -0.508 e. The number of aromatic amines is 1. The first kappa shape index (κ1) is 26.4. The number of rotatable bonds is 9. The zero-order valence-corrected chi connectivity index (χ0v) is 21.7. The summed E-state index contributed by atoms with van der Waals surface area (Å²) in [5.41, 5.74) is 3.15. The van der Waals surface area contributed by atoms with Crippen molar-refractivity contribution in [2.45, 2.75) is 19.4 Å². The standard InChI is InChI=1S/C30H26N2O8/c1-16-26(10-8-21-22(13-28(35)40-29(16)21)17-3-6-20(38-2)7-4-17)39-15-27(34)32-25(30(36)37)11-18-14-31-24-9-5-19(33)12-23(18)24/h3-10,12-14,25,31,33H,11,15H2,1-2H3,(H,32,34)(H,36,37)/t25-/m1/s1. The number of hydrogen-bond acceptors (Lipinski definition) is 7. The maximum absolute atomic E-state index is 12.7. The van der Waals surface area contributed by atoms with Crippen molar-refractivity contribution in [3.05, 3.63) is 88.4 Å². The lowest BCUT2D eigenvalue weighted by molar-refractivity contribution is -0.142. The van der Waals surface area contributed by atoms with E-state index in [1.54, 1.807) is 50.6 Å². The molecular weight excluding hydrogens is 516 g/mol. The van der Waals surface area contributed by atoms with E-state index in [2.05, 4.69) is 10.3 Å². The number of methoxy groups -OCH3 is 1. The molecule has 204 valence electrons. The number of carbonyl (C=O) groups excluding carboxylic acids is 1. The summed E-state index contributed by atoms with van der Waals surface area (Å²) in [7, 11) is 1.57. The molecule has 0 fully saturated rings. The van der Waals surface area contributed by atoms with Crippen LogP contribution in [0.25, 0.3) is 33.0 Å². The normalized spacial score (nSPS) is 11.8. The second-order valence-corrected chi connectivity index (χ2v) is 9.27. The molecule has 0 saturated heterocycles. The zero-order valence-electron chi connectivity index (χ0n) is 21.7. The summed E-state index contributed by atoms with van der Waals surface area (Å²) in [5, 5.41) is 23.3. The number of aromatic nitrogens is 1. The molecule has 1 amide bonds. The summed E-state index contributed by atoms with van der Waals surface area (Å²) in [6, 6.07) is 15.6. The molecule has 0 spiro atoms. The van der Waals surface area contributed by atoms with Crippen LogP contribution in [0, 0.1) is 6.92 Å². The van der Waals surface area contributed by atoms with Crippen molar-refractivity contribution >= 4 is 33.7 Å². The van der Waals surface area contributed by atoms with Crippen molar-refractivity contribution in [2.75, 3.05) is 13.7 Å². The van der Waals surface area contributed by atoms with E-state index in [1.807, 2.05) is 12.1 Å². The molecule has 1 atom stereocenters. The van der Waals surface area contributed by atoms with Gasteiger partial charge in [-0.05, 0) is 66.1 Å². The van der Waals surface area contributed by atoms with Crippen LogP contribution < -0.4 is 20.4 Å². The first-order chi connectivity index (χ1) is 19.2. The van der Waals surface area contributed by atoms with Gasteiger partial charge in [0.25, 0.3) is 5.91 Å². The average molecular weight is 543 g/mol. The molecule has 10 nitrogen and oxygen atoms in total. The second-order valence-electron chi connectivity index (χ2n) is 9.27. The van der Waals surface area contributed by atoms with E-state index in [0.29, 0.717) is 44.5 Å². The molecular formula is C30H26N2O8. The van der Waals surface area contributed by atoms with Crippen LogP contribution in [-0.2, 0) is 16.0 Å². The van der Waals surface area contributed by atoms with Crippen LogP contribution in [0.15, 0.2) is 76.1 Å². The van der Waals surface area contributed by atoms with Crippen LogP contribution in [0.2, 0.25) is 0 Å². The molecule has 40 heavy (non-hydrogen) atoms. The SMILES string of the molecule is COc1ccc(-c2cc(=O)oc3c(C)c(OCC(=O)N[C@H](Cc4c[nH]c5ccc(O)cc45)C(=O)O)ccc23)cc1. The Labute approximate surface area is 227 Å². The van der Waals surface area contributed by atoms with Crippen molar-refractivity contribution in [3.8, 4) is 28.4 Å². The third kappa shape index (κ3) is 5.32. The van der Waals surface area contributed by atoms with Crippen LogP contribution >= 0.6 is 0 Å². The van der Waals surface area contributed by atoms with Gasteiger partial charge in [0.1, 0.15) is 28.9 Å². The molecule has 5 aromatic rings. The fourth-order valence-electron chi connectivity index (χ4n) is 4.64. The van der Waals surface area contributed by atoms with Gasteiger partial charge in [-0.25, -0.2) is 9.59 Å². The van der Waals surface area contributed by atoms with Gasteiger partial charge < -0.3 is 34.4 Å². The zero-order chi connectivity index (χ0) is 28.4. The molecule has 2 aromatic heterocycles. The summed E-state index contributed by atoms with van der Waals surface area (Å²) < 4.78 is 16.4. The Kier molecular flexibility index (Phi) is 7.15. The Morgan fingerprint density at radius 1 is 1.05 bits per heavy atom. The average Bonchev–Trinajstić information content (AvgIpc) is 3.33. The fraction of sp³-hybridized carbons (Fsp3) is 0.167. The number of phenolic OH excluding ortho intramolecular Hbond substituents is 1. The first-order valence-corrected chi connectivity index (χ1v) is 12.4. The summed E-state index contributed by atoms with van der Waals surface area (Å²) in [6.45, 7) is 1.26. The molecule has 2 heterocycles. The van der Waals surface area contributed by atoms with Crippen LogP contribution in [0.5, 0.6) is 17.2 Å². The van der Waals surface area contributed by atoms with Crippen molar-refractivity contribution < 1.29 is 33.7 Å². The number of benzene rings is 3. The molecule has 0 bridgehead atoms. The number of H-pyrrole nitrogens is 1. The Balaban J connectivity index is 1.32. The highest BCUT2D eigenvalue weighted by atomic mass is 16.5. The summed E-state index contributed by atoms with van der Waals surface area (Å²) >= 11 is 0. The quantitative estimate of drug-likeness (QED) is 0.203. The summed E-state index contributed by atoms with van der Waals surface area (Å²) in [4.78, 5) is 40.0. The number of hydrogen-bond donors (Lipinski definition) is 4. The Bertz CT molecular complexity index is 1790. The lowest BCUT2D eigenvalue weighted by Crippen LogP contribution is -2.44. The van der Waals surface area contributed by atoms with E-state index >= 15 is 0 Å². The summed E-state index contributed by atoms with van der Waals surface area (Å²) in [6.07, 6.45) is 1.65. The number of aliphatic carboxylic acids is 1. The molecule has 0 saturated carbocycles. The van der Waals surface area contributed by atoms with Crippen molar-refractivity contribution in [2.24, 2.45) is 0 Å². The third-order valence-corrected chi connectivity index (χ3v) is 6.68. The van der Waals surface area contributed by atoms with Gasteiger partial charge in [0.15, 0.2) is 6.61 Å². The molecule has 0 aliphatic carbocycles. The Morgan fingerprint density at radius 3 is 2.55 bits per heavy atom. The van der Waals surface area contributed by atoms with Gasteiger partial charge in [-0.2, -0.15) is 0 Å². The van der Waals surface area contributed by atoms with Gasteiger partial charge in [-0.3, -0.25) is 4.79 Å². The predicted octanol–water partition coefficient (Wildman–Crippen LogP) is 4.15. The molecule has 0 aliphatic rings. The van der Waals surface area contributed by atoms with E-state index in [0.717, 1.165) is 11.1 Å². The van der Waals surface area contributed by atoms with Gasteiger partial charge in [0.05, 0.1) is 7.11 Å². The van der Waals surface area contributed by atoms with E-state index in [1.165, 1.54) is 18.2 Å². The Morgan fingerprint density at radius 2 is 1.82 bits per heavy atom. The number of aryl methyl sites for hydroxylation is 1. The fourth-order valence-corrected chi connectivity index (χ4v) is 4.64. The van der Waals surface area contributed by atoms with E-state index in [-0.39, 0.29) is 12.2 Å². The van der Waals surface area contributed by atoms with Crippen LogP contribution in [-0.4, -0.2) is 46.8 Å². The third-order valence-electron chi connectivity index (χ3n) is 6.68. The molecule has 0 aliphatic heterocycles. The van der Waals surface area contributed by atoms with Crippen LogP contribution in [0.4, 0.5) is 0 Å². The number of ether oxygens (including phenoxy) is 2. The van der Waals surface area contributed by atoms with Gasteiger partial charge in [-0.1, -0.05) is 12.1 Å².